The van der Waals surface area contributed by atoms with Crippen LogP contribution >= 0.6 is 0 Å². The monoisotopic (exact) mass is 262 g/mol. The van der Waals surface area contributed by atoms with Crippen LogP contribution in [0.4, 0.5) is 0 Å². The third-order valence-electron chi connectivity index (χ3n) is 3.68. The molecule has 1 aromatic rings. The summed E-state index contributed by atoms with van der Waals surface area (Å²) in [5.74, 6) is 0.607. The Kier molecular flexibility index (Phi) is 4.87. The number of hydrogen-bond acceptors (Lipinski definition) is 4. The average molecular weight is 262 g/mol. The molecule has 0 amide bonds. The standard InChI is InChI=1S/C14H22N4O/c15-14(16)13-12(4-1-6-17-13)10-18-7-2-3-11(9-18)5-8-19/h1,4,6,11,19H,2-3,5,7-10H2,(H3,15,16). The Morgan fingerprint density at radius 1 is 1.58 bits per heavy atom. The highest BCUT2D eigenvalue weighted by Crippen LogP contribution is 2.21. The number of nitrogens with zero attached hydrogens (tertiary/aromatic N) is 2. The number of nitrogens with one attached hydrogen (secondary N) is 1. The number of likely N-dealkylation sites (tertiary alicyclic amines) is 1. The summed E-state index contributed by atoms with van der Waals surface area (Å²) in [7, 11) is 0. The van der Waals surface area contributed by atoms with Gasteiger partial charge in [-0.15, -0.1) is 0 Å². The number of pyridine rings is 1. The summed E-state index contributed by atoms with van der Waals surface area (Å²) in [6, 6.07) is 3.87. The second-order valence-electron chi connectivity index (χ2n) is 5.18. The Hall–Kier alpha value is -1.46. The lowest BCUT2D eigenvalue weighted by molar-refractivity contribution is 0.142. The van der Waals surface area contributed by atoms with E-state index in [2.05, 4.69) is 9.88 Å². The van der Waals surface area contributed by atoms with E-state index in [1.807, 2.05) is 12.1 Å². The molecule has 1 aliphatic heterocycles. The lowest BCUT2D eigenvalue weighted by atomic mass is 9.95. The first-order valence-corrected chi connectivity index (χ1v) is 6.82. The first-order chi connectivity index (χ1) is 9.20. The topological polar surface area (TPSA) is 86.2 Å². The van der Waals surface area contributed by atoms with Crippen LogP contribution in [0.1, 0.15) is 30.5 Å². The molecule has 104 valence electrons. The number of aliphatic hydroxyl groups excluding tert-OH is 1. The third kappa shape index (κ3) is 3.75. The molecule has 0 saturated carbocycles. The van der Waals surface area contributed by atoms with E-state index in [1.165, 1.54) is 12.8 Å². The number of hydrogen-bond donors (Lipinski definition) is 3. The highest BCUT2D eigenvalue weighted by atomic mass is 16.3. The minimum atomic E-state index is 0.0273. The number of nitrogens with two attached hydrogens (primary N) is 1. The van der Waals surface area contributed by atoms with Gasteiger partial charge in [0.05, 0.1) is 0 Å². The smallest absolute Gasteiger partial charge is 0.142 e. The van der Waals surface area contributed by atoms with E-state index in [-0.39, 0.29) is 12.4 Å². The number of piperidine rings is 1. The zero-order valence-electron chi connectivity index (χ0n) is 11.2. The largest absolute Gasteiger partial charge is 0.396 e. The van der Waals surface area contributed by atoms with Gasteiger partial charge < -0.3 is 10.8 Å². The molecule has 1 unspecified atom stereocenters. The molecule has 0 radical (unpaired) electrons. The van der Waals surface area contributed by atoms with Crippen LogP contribution < -0.4 is 5.73 Å². The van der Waals surface area contributed by atoms with E-state index in [1.54, 1.807) is 6.20 Å². The molecule has 1 atom stereocenters. The van der Waals surface area contributed by atoms with Crippen LogP contribution in [0.25, 0.3) is 0 Å². The van der Waals surface area contributed by atoms with Crippen LogP contribution in [0, 0.1) is 11.3 Å². The normalized spacial score (nSPS) is 20.4. The maximum atomic E-state index is 9.04. The summed E-state index contributed by atoms with van der Waals surface area (Å²) in [5, 5.41) is 16.6. The molecule has 4 N–H and O–H groups in total. The van der Waals surface area contributed by atoms with Crippen molar-refractivity contribution in [3.63, 3.8) is 0 Å². The van der Waals surface area contributed by atoms with E-state index < -0.39 is 0 Å². The van der Waals surface area contributed by atoms with Crippen molar-refractivity contribution in [2.45, 2.75) is 25.8 Å². The van der Waals surface area contributed by atoms with Gasteiger partial charge in [0.1, 0.15) is 11.5 Å². The second-order valence-corrected chi connectivity index (χ2v) is 5.18. The van der Waals surface area contributed by atoms with E-state index in [0.717, 1.165) is 31.6 Å². The molecule has 1 aliphatic rings. The Bertz CT molecular complexity index is 433. The molecular weight excluding hydrogens is 240 g/mol. The fraction of sp³-hybridized carbons (Fsp3) is 0.571. The molecule has 2 rings (SSSR count). The van der Waals surface area contributed by atoms with Crippen LogP contribution in [0.3, 0.4) is 0 Å². The maximum Gasteiger partial charge on any atom is 0.142 e. The van der Waals surface area contributed by atoms with Crippen molar-refractivity contribution in [3.8, 4) is 0 Å². The highest BCUT2D eigenvalue weighted by Gasteiger charge is 2.20. The Morgan fingerprint density at radius 3 is 3.16 bits per heavy atom. The highest BCUT2D eigenvalue weighted by molar-refractivity contribution is 5.94. The van der Waals surface area contributed by atoms with Crippen molar-refractivity contribution in [3.05, 3.63) is 29.6 Å². The van der Waals surface area contributed by atoms with Crippen molar-refractivity contribution in [1.29, 1.82) is 5.41 Å². The first-order valence-electron chi connectivity index (χ1n) is 6.82. The van der Waals surface area contributed by atoms with E-state index >= 15 is 0 Å². The van der Waals surface area contributed by atoms with Crippen molar-refractivity contribution in [2.75, 3.05) is 19.7 Å². The molecule has 0 bridgehead atoms. The molecular formula is C14H22N4O. The number of nitrogen functional groups attached to an aromatic ring is 1. The van der Waals surface area contributed by atoms with Gasteiger partial charge in [-0.2, -0.15) is 0 Å². The van der Waals surface area contributed by atoms with Crippen LogP contribution in [0.5, 0.6) is 0 Å². The molecule has 2 heterocycles. The molecule has 1 aromatic heterocycles. The zero-order chi connectivity index (χ0) is 13.7. The molecule has 0 aliphatic carbocycles. The minimum absolute atomic E-state index is 0.0273. The van der Waals surface area contributed by atoms with Gasteiger partial charge in [0.15, 0.2) is 0 Å². The minimum Gasteiger partial charge on any atom is -0.396 e. The van der Waals surface area contributed by atoms with E-state index in [9.17, 15) is 0 Å². The quantitative estimate of drug-likeness (QED) is 0.545. The Labute approximate surface area is 114 Å². The molecule has 1 saturated heterocycles. The lowest BCUT2D eigenvalue weighted by Crippen LogP contribution is -2.36. The molecule has 0 spiro atoms. The van der Waals surface area contributed by atoms with Crippen LogP contribution in [0.15, 0.2) is 18.3 Å². The fourth-order valence-corrected chi connectivity index (χ4v) is 2.76. The summed E-state index contributed by atoms with van der Waals surface area (Å²) in [4.78, 5) is 6.55. The average Bonchev–Trinajstić information content (AvgIpc) is 2.40. The van der Waals surface area contributed by atoms with Crippen molar-refractivity contribution >= 4 is 5.84 Å². The van der Waals surface area contributed by atoms with Gasteiger partial charge in [0.2, 0.25) is 0 Å². The predicted molar refractivity (Wildman–Crippen MR) is 75.0 cm³/mol. The molecule has 0 aromatic carbocycles. The first kappa shape index (κ1) is 14.0. The summed E-state index contributed by atoms with van der Waals surface area (Å²) in [6.45, 7) is 3.12. The molecule has 19 heavy (non-hydrogen) atoms. The molecule has 1 fully saturated rings. The van der Waals surface area contributed by atoms with Gasteiger partial charge in [-0.05, 0) is 43.4 Å². The molecule has 5 heteroatoms. The van der Waals surface area contributed by atoms with Crippen molar-refractivity contribution in [1.82, 2.24) is 9.88 Å². The van der Waals surface area contributed by atoms with Crippen molar-refractivity contribution in [2.24, 2.45) is 11.7 Å². The van der Waals surface area contributed by atoms with Crippen LogP contribution in [-0.2, 0) is 6.54 Å². The fourth-order valence-electron chi connectivity index (χ4n) is 2.76. The van der Waals surface area contributed by atoms with Gasteiger partial charge >= 0.3 is 0 Å². The third-order valence-corrected chi connectivity index (χ3v) is 3.68. The summed E-state index contributed by atoms with van der Waals surface area (Å²) < 4.78 is 0. The van der Waals surface area contributed by atoms with Gasteiger partial charge in [-0.1, -0.05) is 6.07 Å². The van der Waals surface area contributed by atoms with Crippen LogP contribution in [-0.4, -0.2) is 40.5 Å². The van der Waals surface area contributed by atoms with Gasteiger partial charge in [0, 0.05) is 25.9 Å². The predicted octanol–water partition coefficient (Wildman–Crippen LogP) is 0.960. The van der Waals surface area contributed by atoms with Gasteiger partial charge in [-0.25, -0.2) is 0 Å². The number of aromatic nitrogens is 1. The zero-order valence-corrected chi connectivity index (χ0v) is 11.2. The number of aliphatic hydroxyl groups is 1. The van der Waals surface area contributed by atoms with Crippen molar-refractivity contribution < 1.29 is 5.11 Å². The van der Waals surface area contributed by atoms with Gasteiger partial charge in [0.25, 0.3) is 0 Å². The van der Waals surface area contributed by atoms with Crippen LogP contribution in [0.2, 0.25) is 0 Å². The second kappa shape index (κ2) is 6.63. The number of amidine groups is 1. The molecule has 5 nitrogen and oxygen atoms in total. The van der Waals surface area contributed by atoms with Gasteiger partial charge in [-0.3, -0.25) is 15.3 Å². The summed E-state index contributed by atoms with van der Waals surface area (Å²) in [6.07, 6.45) is 4.91. The summed E-state index contributed by atoms with van der Waals surface area (Å²) >= 11 is 0. The number of rotatable bonds is 5. The summed E-state index contributed by atoms with van der Waals surface area (Å²) in [5.41, 5.74) is 7.17. The Balaban J connectivity index is 2.02. The van der Waals surface area contributed by atoms with E-state index in [0.29, 0.717) is 11.6 Å². The Morgan fingerprint density at radius 2 is 2.42 bits per heavy atom. The maximum absolute atomic E-state index is 9.04. The SMILES string of the molecule is N=C(N)c1ncccc1CN1CCCC(CCO)C1. The lowest BCUT2D eigenvalue weighted by Gasteiger charge is -2.32. The van der Waals surface area contributed by atoms with E-state index in [4.69, 9.17) is 16.2 Å².